The van der Waals surface area contributed by atoms with Crippen LogP contribution in [-0.4, -0.2) is 124 Å². The van der Waals surface area contributed by atoms with Crippen LogP contribution in [0.15, 0.2) is 12.1 Å². The fraction of sp³-hybridized carbons (Fsp3) is 0.556. The Balaban J connectivity index is 1.45. The molecule has 6 atom stereocenters. The summed E-state index contributed by atoms with van der Waals surface area (Å²) in [4.78, 5) is 82.0. The van der Waals surface area contributed by atoms with Crippen LogP contribution in [-0.2, 0) is 30.4 Å². The summed E-state index contributed by atoms with van der Waals surface area (Å²) in [5.74, 6) is -11.8. The molecule has 3 aliphatic carbocycles. The van der Waals surface area contributed by atoms with Crippen LogP contribution in [0.4, 0.5) is 5.69 Å². The number of nitrogens with two attached hydrogens (primary N) is 1. The summed E-state index contributed by atoms with van der Waals surface area (Å²) in [6, 6.07) is 1.86. The maximum Gasteiger partial charge on any atom is 0.238 e. The van der Waals surface area contributed by atoms with Gasteiger partial charge in [0, 0.05) is 32.1 Å². The summed E-state index contributed by atoms with van der Waals surface area (Å²) in [7, 11) is 3.05. The lowest BCUT2D eigenvalue weighted by Crippen LogP contribution is -2.74. The first-order chi connectivity index (χ1) is 19.3. The Hall–Kier alpha value is -3.56. The van der Waals surface area contributed by atoms with Gasteiger partial charge >= 0.3 is 0 Å². The number of hydroxylamine groups is 2. The van der Waals surface area contributed by atoms with Crippen molar-refractivity contribution >= 4 is 40.6 Å². The van der Waals surface area contributed by atoms with E-state index >= 15 is 0 Å². The number of likely N-dealkylation sites (N-methyl/N-ethyl adjacent to an activating group) is 1. The smallest absolute Gasteiger partial charge is 0.238 e. The van der Waals surface area contributed by atoms with Gasteiger partial charge in [-0.15, -0.1) is 0 Å². The van der Waals surface area contributed by atoms with Crippen molar-refractivity contribution < 1.29 is 44.2 Å². The summed E-state index contributed by atoms with van der Waals surface area (Å²) in [5.41, 5.74) is 2.73. The molecule has 14 heteroatoms. The number of nitrogens with zero attached hydrogens (tertiary/aromatic N) is 3. The van der Waals surface area contributed by atoms with Gasteiger partial charge in [0.15, 0.2) is 34.7 Å². The number of aromatic hydroxyl groups is 1. The second kappa shape index (κ2) is 10.4. The molecule has 2 amide bonds. The van der Waals surface area contributed by atoms with Gasteiger partial charge in [0.25, 0.3) is 0 Å². The number of anilines is 1. The molecular weight excluding hydrogens is 538 g/mol. The molecule has 0 spiro atoms. The average molecular weight is 572 g/mol. The Kier molecular flexibility index (Phi) is 7.32. The van der Waals surface area contributed by atoms with Gasteiger partial charge in [-0.2, -0.15) is 5.06 Å². The van der Waals surface area contributed by atoms with E-state index in [1.54, 1.807) is 6.07 Å². The van der Waals surface area contributed by atoms with Crippen molar-refractivity contribution in [3.63, 3.8) is 0 Å². The number of carbonyl (C=O) groups excluding carboxylic acids is 6. The number of hydrogen-bond donors (Lipinski definition) is 5. The van der Waals surface area contributed by atoms with Gasteiger partial charge in [-0.3, -0.25) is 38.6 Å². The molecule has 0 bridgehead atoms. The first kappa shape index (κ1) is 29.0. The topological polar surface area (TPSA) is 211 Å². The first-order valence-electron chi connectivity index (χ1n) is 13.4. The monoisotopic (exact) mass is 571 g/mol. The van der Waals surface area contributed by atoms with Crippen LogP contribution in [0.5, 0.6) is 5.75 Å². The largest absolute Gasteiger partial charge is 0.505 e. The lowest BCUT2D eigenvalue weighted by Gasteiger charge is -2.52. The van der Waals surface area contributed by atoms with Gasteiger partial charge in [-0.05, 0) is 44.5 Å². The zero-order valence-corrected chi connectivity index (χ0v) is 22.7. The molecule has 1 aromatic carbocycles. The number of phenols is 1. The molecule has 14 nitrogen and oxygen atoms in total. The van der Waals surface area contributed by atoms with Crippen LogP contribution >= 0.6 is 0 Å². The number of nitrogens with one attached hydrogen (secondary N) is 1. The van der Waals surface area contributed by atoms with E-state index in [4.69, 9.17) is 5.73 Å². The van der Waals surface area contributed by atoms with E-state index in [1.807, 2.05) is 4.90 Å². The maximum atomic E-state index is 13.9. The van der Waals surface area contributed by atoms with Crippen LogP contribution < -0.4 is 11.1 Å². The molecule has 1 heterocycles. The number of ketones is 4. The molecule has 5 rings (SSSR count). The maximum absolute atomic E-state index is 13.9. The lowest BCUT2D eigenvalue weighted by molar-refractivity contribution is -0.181. The minimum absolute atomic E-state index is 0.00911. The second-order valence-electron chi connectivity index (χ2n) is 11.6. The third-order valence-corrected chi connectivity index (χ3v) is 8.92. The van der Waals surface area contributed by atoms with Crippen LogP contribution in [0.1, 0.15) is 22.3 Å². The van der Waals surface area contributed by atoms with Crippen molar-refractivity contribution in [2.45, 2.75) is 24.5 Å². The number of amides is 2. The molecule has 0 aromatic heterocycles. The Morgan fingerprint density at radius 1 is 1.10 bits per heavy atom. The predicted octanol–water partition coefficient (Wildman–Crippen LogP) is -2.19. The summed E-state index contributed by atoms with van der Waals surface area (Å²) in [6.45, 7) is 1.67. The summed E-state index contributed by atoms with van der Waals surface area (Å²) < 4.78 is 0. The Morgan fingerprint density at radius 2 is 1.76 bits per heavy atom. The minimum atomic E-state index is -2.79. The number of primary amides is 1. The molecule has 1 saturated heterocycles. The molecule has 6 N–H and O–H groups in total. The zero-order chi connectivity index (χ0) is 30.0. The average Bonchev–Trinajstić information content (AvgIpc) is 2.89. The SMILES string of the molecule is CN(C)[C@@H]1C(=O)C(C(N)=O)C(=O)[C@@]2(O)C(=O)C3C(=O)c4c(ccc(NC(=O)CN5CCN(O)CC5)c4O)CC3CC12. The number of benzene rings is 1. The molecular formula is C27H33N5O9. The first-order valence-corrected chi connectivity index (χ1v) is 13.4. The van der Waals surface area contributed by atoms with Gasteiger partial charge in [0.1, 0.15) is 5.75 Å². The molecule has 3 fully saturated rings. The van der Waals surface area contributed by atoms with Gasteiger partial charge in [-0.1, -0.05) is 6.07 Å². The van der Waals surface area contributed by atoms with Crippen LogP contribution in [0.25, 0.3) is 0 Å². The Bertz CT molecular complexity index is 1350. The van der Waals surface area contributed by atoms with Crippen LogP contribution in [0, 0.1) is 23.7 Å². The van der Waals surface area contributed by atoms with Crippen molar-refractivity contribution in [3.8, 4) is 5.75 Å². The number of rotatable bonds is 5. The number of phenolic OH excluding ortho intramolecular Hbond substituents is 1. The van der Waals surface area contributed by atoms with E-state index in [9.17, 15) is 44.2 Å². The normalized spacial score (nSPS) is 32.4. The Morgan fingerprint density at radius 3 is 2.37 bits per heavy atom. The number of carbonyl (C=O) groups is 6. The molecule has 0 radical (unpaired) electrons. The minimum Gasteiger partial charge on any atom is -0.505 e. The van der Waals surface area contributed by atoms with Crippen LogP contribution in [0.3, 0.4) is 0 Å². The van der Waals surface area contributed by atoms with Crippen molar-refractivity contribution in [2.75, 3.05) is 52.1 Å². The van der Waals surface area contributed by atoms with E-state index in [0.717, 1.165) is 5.06 Å². The Labute approximate surface area is 235 Å². The highest BCUT2D eigenvalue weighted by atomic mass is 16.5. The van der Waals surface area contributed by atoms with E-state index < -0.39 is 76.0 Å². The zero-order valence-electron chi connectivity index (χ0n) is 22.7. The van der Waals surface area contributed by atoms with E-state index in [1.165, 1.54) is 25.1 Å². The quantitative estimate of drug-likeness (QED) is 0.188. The standard InChI is InChI=1S/C27H33N5O9/c1-30(2)20-14-10-13-9-12-3-4-15(29-16(33)11-31-5-7-32(41)8-6-31)21(34)17(12)22(35)18(13)24(37)27(14,40)25(38)19(23(20)36)26(28)39/h3-4,13-14,18-20,34,40-41H,5-11H2,1-2H3,(H2,28,39)(H,29,33)/t13?,14?,18?,19?,20-,27-/m0/s1. The molecule has 1 aliphatic heterocycles. The summed E-state index contributed by atoms with van der Waals surface area (Å²) in [6.07, 6.45) is 0.101. The fourth-order valence-electron chi connectivity index (χ4n) is 6.97. The van der Waals surface area contributed by atoms with Crippen molar-refractivity contribution in [2.24, 2.45) is 29.4 Å². The van der Waals surface area contributed by atoms with Gasteiger partial charge in [0.05, 0.1) is 29.8 Å². The second-order valence-corrected chi connectivity index (χ2v) is 11.6. The van der Waals surface area contributed by atoms with Gasteiger partial charge in [-0.25, -0.2) is 0 Å². The van der Waals surface area contributed by atoms with E-state index in [2.05, 4.69) is 5.32 Å². The fourth-order valence-corrected chi connectivity index (χ4v) is 6.97. The number of aliphatic hydroxyl groups is 1. The van der Waals surface area contributed by atoms with Crippen molar-refractivity contribution in [1.82, 2.24) is 14.9 Å². The third kappa shape index (κ3) is 4.55. The van der Waals surface area contributed by atoms with Crippen molar-refractivity contribution in [1.29, 1.82) is 0 Å². The van der Waals surface area contributed by atoms with E-state index in [-0.39, 0.29) is 30.6 Å². The molecule has 41 heavy (non-hydrogen) atoms. The third-order valence-electron chi connectivity index (χ3n) is 8.92. The highest BCUT2D eigenvalue weighted by Gasteiger charge is 2.69. The molecule has 4 unspecified atom stereocenters. The van der Waals surface area contributed by atoms with Crippen molar-refractivity contribution in [3.05, 3.63) is 23.3 Å². The number of Topliss-reactive ketones (excluding diaryl/α,β-unsaturated/α-hetero) is 4. The summed E-state index contributed by atoms with van der Waals surface area (Å²) >= 11 is 0. The van der Waals surface area contributed by atoms with Gasteiger partial charge in [0.2, 0.25) is 11.8 Å². The summed E-state index contributed by atoms with van der Waals surface area (Å²) in [5, 5.41) is 35.9. The van der Waals surface area contributed by atoms with Crippen LogP contribution in [0.2, 0.25) is 0 Å². The number of hydrogen-bond acceptors (Lipinski definition) is 12. The molecule has 220 valence electrons. The highest BCUT2D eigenvalue weighted by Crippen LogP contribution is 2.51. The van der Waals surface area contributed by atoms with E-state index in [0.29, 0.717) is 31.7 Å². The predicted molar refractivity (Wildman–Crippen MR) is 140 cm³/mol. The molecule has 1 aromatic rings. The lowest BCUT2D eigenvalue weighted by atomic mass is 9.52. The molecule has 2 saturated carbocycles. The molecule has 4 aliphatic rings. The van der Waals surface area contributed by atoms with Gasteiger partial charge < -0.3 is 26.5 Å². The highest BCUT2D eigenvalue weighted by molar-refractivity contribution is 6.32. The number of fused-ring (bicyclic) bond motifs is 3. The number of piperazine rings is 1.